The Hall–Kier alpha value is -4.13. The minimum Gasteiger partial charge on any atom is -0.497 e. The second-order valence-corrected chi connectivity index (χ2v) is 8.06. The van der Waals surface area contributed by atoms with Crippen LogP contribution in [0, 0.1) is 0 Å². The number of amides is 1. The number of benzene rings is 2. The Morgan fingerprint density at radius 3 is 2.70 bits per heavy atom. The van der Waals surface area contributed by atoms with Gasteiger partial charge in [0.1, 0.15) is 5.75 Å². The number of aromatic nitrogens is 3. The predicted octanol–water partition coefficient (Wildman–Crippen LogP) is 3.82. The maximum atomic E-state index is 13.6. The van der Waals surface area contributed by atoms with Crippen molar-refractivity contribution in [2.45, 2.75) is 12.5 Å². The molecule has 2 aromatic carbocycles. The third-order valence-corrected chi connectivity index (χ3v) is 6.22. The fourth-order valence-electron chi connectivity index (χ4n) is 4.56. The third-order valence-electron chi connectivity index (χ3n) is 6.22. The standard InChI is InChI=1S/C26H24N4O3/c1-3-25(31)28-14-12-21(17-28)30-23-11-13-27-16-24(23)29(26(30)32)20-9-7-18(8-10-20)19-5-4-6-22(15-19)33-2/h3-11,13,15-16,21H,1,12,14,17H2,2H3/t21-/m1/s1. The van der Waals surface area contributed by atoms with E-state index in [1.54, 1.807) is 33.5 Å². The second-order valence-electron chi connectivity index (χ2n) is 8.06. The lowest BCUT2D eigenvalue weighted by molar-refractivity contribution is -0.125. The Bertz CT molecular complexity index is 1400. The lowest BCUT2D eigenvalue weighted by atomic mass is 10.1. The van der Waals surface area contributed by atoms with Gasteiger partial charge >= 0.3 is 5.69 Å². The number of ether oxygens (including phenoxy) is 1. The first-order valence-corrected chi connectivity index (χ1v) is 10.8. The van der Waals surface area contributed by atoms with Gasteiger partial charge in [-0.15, -0.1) is 0 Å². The number of pyridine rings is 1. The molecule has 1 fully saturated rings. The first-order valence-electron chi connectivity index (χ1n) is 10.8. The quantitative estimate of drug-likeness (QED) is 0.443. The molecule has 0 aliphatic carbocycles. The number of hydrogen-bond donors (Lipinski definition) is 0. The first-order chi connectivity index (χ1) is 16.1. The summed E-state index contributed by atoms with van der Waals surface area (Å²) in [7, 11) is 1.65. The van der Waals surface area contributed by atoms with Crippen molar-refractivity contribution in [2.24, 2.45) is 0 Å². The summed E-state index contributed by atoms with van der Waals surface area (Å²) in [6.45, 7) is 4.67. The molecule has 1 aliphatic heterocycles. The Balaban J connectivity index is 1.55. The smallest absolute Gasteiger partial charge is 0.334 e. The normalized spacial score (nSPS) is 15.7. The van der Waals surface area contributed by atoms with Gasteiger partial charge in [-0.3, -0.25) is 18.9 Å². The SMILES string of the molecule is C=CC(=O)N1CC[C@@H](n2c(=O)n(-c3ccc(-c4cccc(OC)c4)cc3)c3cnccc32)C1. The van der Waals surface area contributed by atoms with E-state index in [2.05, 4.69) is 11.6 Å². The Labute approximate surface area is 191 Å². The van der Waals surface area contributed by atoms with E-state index in [1.807, 2.05) is 54.6 Å². The maximum Gasteiger partial charge on any atom is 0.334 e. The van der Waals surface area contributed by atoms with Crippen molar-refractivity contribution >= 4 is 16.9 Å². The van der Waals surface area contributed by atoms with Crippen LogP contribution in [0.4, 0.5) is 0 Å². The van der Waals surface area contributed by atoms with E-state index in [1.165, 1.54) is 6.08 Å². The number of fused-ring (bicyclic) bond motifs is 1. The van der Waals surface area contributed by atoms with Crippen LogP contribution in [0.3, 0.4) is 0 Å². The van der Waals surface area contributed by atoms with Gasteiger partial charge in [0.25, 0.3) is 0 Å². The molecule has 0 bridgehead atoms. The molecule has 3 heterocycles. The summed E-state index contributed by atoms with van der Waals surface area (Å²) in [5, 5.41) is 0. The molecule has 1 saturated heterocycles. The third kappa shape index (κ3) is 3.61. The van der Waals surface area contributed by atoms with Crippen molar-refractivity contribution in [3.63, 3.8) is 0 Å². The summed E-state index contributed by atoms with van der Waals surface area (Å²) in [5.74, 6) is 0.687. The van der Waals surface area contributed by atoms with Crippen molar-refractivity contribution in [1.29, 1.82) is 0 Å². The number of likely N-dealkylation sites (tertiary alicyclic amines) is 1. The lowest BCUT2D eigenvalue weighted by Gasteiger charge is -2.15. The van der Waals surface area contributed by atoms with Gasteiger partial charge in [-0.25, -0.2) is 4.79 Å². The number of nitrogens with zero attached hydrogens (tertiary/aromatic N) is 4. The molecule has 166 valence electrons. The molecule has 7 heteroatoms. The highest BCUT2D eigenvalue weighted by atomic mass is 16.5. The fraction of sp³-hybridized carbons (Fsp3) is 0.192. The maximum absolute atomic E-state index is 13.6. The summed E-state index contributed by atoms with van der Waals surface area (Å²) in [4.78, 5) is 31.7. The average molecular weight is 441 g/mol. The van der Waals surface area contributed by atoms with Gasteiger partial charge in [0.2, 0.25) is 5.91 Å². The van der Waals surface area contributed by atoms with Crippen molar-refractivity contribution in [3.05, 3.63) is 90.1 Å². The van der Waals surface area contributed by atoms with Crippen LogP contribution in [-0.4, -0.2) is 45.1 Å². The van der Waals surface area contributed by atoms with E-state index < -0.39 is 0 Å². The molecule has 33 heavy (non-hydrogen) atoms. The van der Waals surface area contributed by atoms with Gasteiger partial charge in [0.15, 0.2) is 0 Å². The lowest BCUT2D eigenvalue weighted by Crippen LogP contribution is -2.31. The topological polar surface area (TPSA) is 69.4 Å². The van der Waals surface area contributed by atoms with E-state index in [4.69, 9.17) is 4.74 Å². The largest absolute Gasteiger partial charge is 0.497 e. The van der Waals surface area contributed by atoms with E-state index in [0.29, 0.717) is 13.1 Å². The molecule has 0 unspecified atom stereocenters. The highest BCUT2D eigenvalue weighted by molar-refractivity contribution is 5.87. The van der Waals surface area contributed by atoms with Gasteiger partial charge in [0, 0.05) is 19.3 Å². The highest BCUT2D eigenvalue weighted by Gasteiger charge is 2.29. The van der Waals surface area contributed by atoms with Crippen molar-refractivity contribution in [3.8, 4) is 22.6 Å². The molecule has 0 saturated carbocycles. The van der Waals surface area contributed by atoms with Gasteiger partial charge in [-0.05, 0) is 54.0 Å². The number of carbonyl (C=O) groups excluding carboxylic acids is 1. The average Bonchev–Trinajstić information content (AvgIpc) is 3.45. The second kappa shape index (κ2) is 8.43. The molecule has 0 spiro atoms. The van der Waals surface area contributed by atoms with E-state index in [-0.39, 0.29) is 17.6 Å². The van der Waals surface area contributed by atoms with E-state index in [0.717, 1.165) is 40.0 Å². The zero-order valence-corrected chi connectivity index (χ0v) is 18.3. The van der Waals surface area contributed by atoms with Crippen molar-refractivity contribution in [2.75, 3.05) is 20.2 Å². The molecule has 0 radical (unpaired) electrons. The molecule has 4 aromatic rings. The zero-order chi connectivity index (χ0) is 22.9. The van der Waals surface area contributed by atoms with Crippen molar-refractivity contribution in [1.82, 2.24) is 19.0 Å². The number of rotatable bonds is 5. The van der Waals surface area contributed by atoms with Crippen LogP contribution < -0.4 is 10.4 Å². The number of methoxy groups -OCH3 is 1. The monoisotopic (exact) mass is 440 g/mol. The highest BCUT2D eigenvalue weighted by Crippen LogP contribution is 2.28. The predicted molar refractivity (Wildman–Crippen MR) is 128 cm³/mol. The van der Waals surface area contributed by atoms with Crippen LogP contribution in [0.15, 0.2) is 84.4 Å². The Morgan fingerprint density at radius 2 is 1.94 bits per heavy atom. The first kappa shape index (κ1) is 20.8. The molecule has 5 rings (SSSR count). The Kier molecular flexibility index (Phi) is 5.30. The molecule has 1 atom stereocenters. The summed E-state index contributed by atoms with van der Waals surface area (Å²) < 4.78 is 8.81. The van der Waals surface area contributed by atoms with Crippen LogP contribution >= 0.6 is 0 Å². The minimum atomic E-state index is -0.134. The van der Waals surface area contributed by atoms with Crippen LogP contribution in [0.1, 0.15) is 12.5 Å². The summed E-state index contributed by atoms with van der Waals surface area (Å²) in [5.41, 5.74) is 4.25. The van der Waals surface area contributed by atoms with E-state index in [9.17, 15) is 9.59 Å². The number of carbonyl (C=O) groups is 1. The van der Waals surface area contributed by atoms with E-state index >= 15 is 0 Å². The summed E-state index contributed by atoms with van der Waals surface area (Å²) >= 11 is 0. The molecular weight excluding hydrogens is 416 g/mol. The molecule has 1 amide bonds. The minimum absolute atomic E-state index is 0.0939. The van der Waals surface area contributed by atoms with Crippen molar-refractivity contribution < 1.29 is 9.53 Å². The van der Waals surface area contributed by atoms with Gasteiger partial charge in [-0.1, -0.05) is 30.8 Å². The Morgan fingerprint density at radius 1 is 1.12 bits per heavy atom. The molecule has 7 nitrogen and oxygen atoms in total. The molecular formula is C26H24N4O3. The molecule has 2 aromatic heterocycles. The summed E-state index contributed by atoms with van der Waals surface area (Å²) in [6, 6.07) is 17.5. The van der Waals surface area contributed by atoms with Crippen LogP contribution in [-0.2, 0) is 4.79 Å². The van der Waals surface area contributed by atoms with Crippen LogP contribution in [0.5, 0.6) is 5.75 Å². The number of imidazole rings is 1. The van der Waals surface area contributed by atoms with Gasteiger partial charge < -0.3 is 9.64 Å². The van der Waals surface area contributed by atoms with Crippen LogP contribution in [0.25, 0.3) is 27.8 Å². The number of hydrogen-bond acceptors (Lipinski definition) is 4. The molecule has 1 aliphatic rings. The van der Waals surface area contributed by atoms with Crippen LogP contribution in [0.2, 0.25) is 0 Å². The fourth-order valence-corrected chi connectivity index (χ4v) is 4.56. The zero-order valence-electron chi connectivity index (χ0n) is 18.3. The summed E-state index contributed by atoms with van der Waals surface area (Å²) in [6.07, 6.45) is 5.44. The van der Waals surface area contributed by atoms with Gasteiger partial charge in [-0.2, -0.15) is 0 Å². The van der Waals surface area contributed by atoms with Gasteiger partial charge in [0.05, 0.1) is 36.1 Å². The molecule has 0 N–H and O–H groups in total.